The van der Waals surface area contributed by atoms with Gasteiger partial charge in [0, 0.05) is 42.5 Å². The summed E-state index contributed by atoms with van der Waals surface area (Å²) >= 11 is 0. The van der Waals surface area contributed by atoms with Crippen LogP contribution in [-0.2, 0) is 6.42 Å². The van der Waals surface area contributed by atoms with Crippen LogP contribution in [0.4, 0.5) is 0 Å². The number of nitrogens with zero attached hydrogens (tertiary/aromatic N) is 2. The van der Waals surface area contributed by atoms with Crippen molar-refractivity contribution in [3.05, 3.63) is 54.0 Å². The van der Waals surface area contributed by atoms with Crippen molar-refractivity contribution < 1.29 is 4.42 Å². The standard InChI is InChI=1S/C20H24N2O/c1-15-7-10-22(14-15)18-5-6-20-17(12-18)13-19(23-20)8-11-21-9-3-4-16(21)2/h5-7,10,12-14,16H,3-4,8-9,11H2,1-2H3. The van der Waals surface area contributed by atoms with E-state index in [1.807, 2.05) is 0 Å². The van der Waals surface area contributed by atoms with Crippen LogP contribution in [0.2, 0.25) is 0 Å². The van der Waals surface area contributed by atoms with Gasteiger partial charge in [-0.1, -0.05) is 0 Å². The largest absolute Gasteiger partial charge is 0.461 e. The second kappa shape index (κ2) is 5.89. The van der Waals surface area contributed by atoms with Crippen LogP contribution in [-0.4, -0.2) is 28.6 Å². The molecule has 1 fully saturated rings. The molecular weight excluding hydrogens is 284 g/mol. The van der Waals surface area contributed by atoms with Gasteiger partial charge in [0.05, 0.1) is 0 Å². The first-order valence-corrected chi connectivity index (χ1v) is 8.60. The molecule has 0 amide bonds. The summed E-state index contributed by atoms with van der Waals surface area (Å²) in [6.45, 7) is 6.78. The van der Waals surface area contributed by atoms with Gasteiger partial charge < -0.3 is 13.9 Å². The van der Waals surface area contributed by atoms with Crippen LogP contribution in [0.3, 0.4) is 0 Å². The fourth-order valence-electron chi connectivity index (χ4n) is 3.61. The SMILES string of the molecule is Cc1ccn(-c2ccc3oc(CCN4CCCC4C)cc3c2)c1. The molecule has 23 heavy (non-hydrogen) atoms. The highest BCUT2D eigenvalue weighted by molar-refractivity contribution is 5.80. The Morgan fingerprint density at radius 1 is 1.22 bits per heavy atom. The van der Waals surface area contributed by atoms with Crippen molar-refractivity contribution in [1.29, 1.82) is 0 Å². The van der Waals surface area contributed by atoms with Gasteiger partial charge in [-0.15, -0.1) is 0 Å². The molecule has 0 N–H and O–H groups in total. The lowest BCUT2D eigenvalue weighted by Crippen LogP contribution is -2.28. The average molecular weight is 308 g/mol. The maximum Gasteiger partial charge on any atom is 0.134 e. The van der Waals surface area contributed by atoms with Gasteiger partial charge in [0.15, 0.2) is 0 Å². The Morgan fingerprint density at radius 2 is 2.13 bits per heavy atom. The Kier molecular flexibility index (Phi) is 3.74. The van der Waals surface area contributed by atoms with Gasteiger partial charge in [-0.2, -0.15) is 0 Å². The summed E-state index contributed by atoms with van der Waals surface area (Å²) in [7, 11) is 0. The Hall–Kier alpha value is -2.00. The van der Waals surface area contributed by atoms with E-state index in [4.69, 9.17) is 4.42 Å². The van der Waals surface area contributed by atoms with Gasteiger partial charge in [0.25, 0.3) is 0 Å². The average Bonchev–Trinajstić information content (AvgIpc) is 3.24. The second-order valence-electron chi connectivity index (χ2n) is 6.81. The van der Waals surface area contributed by atoms with Gasteiger partial charge >= 0.3 is 0 Å². The third kappa shape index (κ3) is 2.93. The van der Waals surface area contributed by atoms with E-state index in [-0.39, 0.29) is 0 Å². The highest BCUT2D eigenvalue weighted by Gasteiger charge is 2.20. The third-order valence-electron chi connectivity index (χ3n) is 5.03. The van der Waals surface area contributed by atoms with E-state index in [9.17, 15) is 0 Å². The lowest BCUT2D eigenvalue weighted by molar-refractivity contribution is 0.266. The van der Waals surface area contributed by atoms with Crippen LogP contribution in [0.5, 0.6) is 0 Å². The summed E-state index contributed by atoms with van der Waals surface area (Å²) in [5.41, 5.74) is 3.45. The molecule has 120 valence electrons. The van der Waals surface area contributed by atoms with Crippen molar-refractivity contribution >= 4 is 11.0 Å². The number of hydrogen-bond donors (Lipinski definition) is 0. The molecule has 1 aromatic carbocycles. The number of fused-ring (bicyclic) bond motifs is 1. The fraction of sp³-hybridized carbons (Fsp3) is 0.400. The normalized spacial score (nSPS) is 19.0. The second-order valence-corrected chi connectivity index (χ2v) is 6.81. The van der Waals surface area contributed by atoms with E-state index in [1.54, 1.807) is 0 Å². The van der Waals surface area contributed by atoms with Crippen molar-refractivity contribution in [2.45, 2.75) is 39.2 Å². The minimum absolute atomic E-state index is 0.725. The molecule has 1 atom stereocenters. The molecule has 3 heteroatoms. The first-order valence-electron chi connectivity index (χ1n) is 8.60. The Balaban J connectivity index is 1.53. The lowest BCUT2D eigenvalue weighted by Gasteiger charge is -2.19. The molecule has 1 aliphatic rings. The molecule has 3 nitrogen and oxygen atoms in total. The van der Waals surface area contributed by atoms with Crippen molar-refractivity contribution in [2.75, 3.05) is 13.1 Å². The van der Waals surface area contributed by atoms with Crippen LogP contribution in [0.15, 0.2) is 47.1 Å². The first kappa shape index (κ1) is 14.6. The number of aromatic nitrogens is 1. The fourth-order valence-corrected chi connectivity index (χ4v) is 3.61. The highest BCUT2D eigenvalue weighted by Crippen LogP contribution is 2.24. The van der Waals surface area contributed by atoms with Crippen molar-refractivity contribution in [1.82, 2.24) is 9.47 Å². The van der Waals surface area contributed by atoms with Crippen LogP contribution in [0.1, 0.15) is 31.1 Å². The number of hydrogen-bond acceptors (Lipinski definition) is 2. The van der Waals surface area contributed by atoms with Crippen molar-refractivity contribution in [3.8, 4) is 5.69 Å². The maximum absolute atomic E-state index is 6.02. The van der Waals surface area contributed by atoms with Gasteiger partial charge in [0.2, 0.25) is 0 Å². The lowest BCUT2D eigenvalue weighted by atomic mass is 10.2. The number of likely N-dealkylation sites (tertiary alicyclic amines) is 1. The molecule has 0 spiro atoms. The molecule has 3 heterocycles. The molecule has 0 saturated carbocycles. The van der Waals surface area contributed by atoms with E-state index in [1.165, 1.54) is 36.0 Å². The number of benzene rings is 1. The zero-order valence-corrected chi connectivity index (χ0v) is 14.0. The predicted octanol–water partition coefficient (Wildman–Crippen LogP) is 4.56. The summed E-state index contributed by atoms with van der Waals surface area (Å²) in [6, 6.07) is 11.5. The summed E-state index contributed by atoms with van der Waals surface area (Å²) < 4.78 is 8.18. The number of rotatable bonds is 4. The molecule has 4 rings (SSSR count). The molecular formula is C20H24N2O. The molecule has 1 saturated heterocycles. The van der Waals surface area contributed by atoms with Crippen LogP contribution >= 0.6 is 0 Å². The molecule has 1 unspecified atom stereocenters. The molecule has 1 aliphatic heterocycles. The first-order chi connectivity index (χ1) is 11.2. The summed E-state index contributed by atoms with van der Waals surface area (Å²) in [4.78, 5) is 2.57. The minimum Gasteiger partial charge on any atom is -0.461 e. The monoisotopic (exact) mass is 308 g/mol. The van der Waals surface area contributed by atoms with Crippen molar-refractivity contribution in [3.63, 3.8) is 0 Å². The van der Waals surface area contributed by atoms with E-state index in [0.717, 1.165) is 30.4 Å². The quantitative estimate of drug-likeness (QED) is 0.704. The number of furan rings is 1. The Bertz CT molecular complexity index is 814. The highest BCUT2D eigenvalue weighted by atomic mass is 16.3. The van der Waals surface area contributed by atoms with Crippen LogP contribution in [0, 0.1) is 6.92 Å². The summed E-state index contributed by atoms with van der Waals surface area (Å²) in [5, 5.41) is 1.19. The predicted molar refractivity (Wildman–Crippen MR) is 94.3 cm³/mol. The zero-order valence-electron chi connectivity index (χ0n) is 14.0. The van der Waals surface area contributed by atoms with Crippen LogP contribution in [0.25, 0.3) is 16.7 Å². The molecule has 0 radical (unpaired) electrons. The van der Waals surface area contributed by atoms with Crippen molar-refractivity contribution in [2.24, 2.45) is 0 Å². The molecule has 3 aromatic rings. The van der Waals surface area contributed by atoms with E-state index >= 15 is 0 Å². The Labute approximate surface area is 137 Å². The molecule has 0 bridgehead atoms. The van der Waals surface area contributed by atoms with Gasteiger partial charge in [0.1, 0.15) is 11.3 Å². The third-order valence-corrected chi connectivity index (χ3v) is 5.03. The molecule has 0 aliphatic carbocycles. The smallest absolute Gasteiger partial charge is 0.134 e. The Morgan fingerprint density at radius 3 is 2.87 bits per heavy atom. The summed E-state index contributed by atoms with van der Waals surface area (Å²) in [6.07, 6.45) is 7.92. The van der Waals surface area contributed by atoms with Crippen LogP contribution < -0.4 is 0 Å². The topological polar surface area (TPSA) is 21.3 Å². The number of aryl methyl sites for hydroxylation is 1. The van der Waals surface area contributed by atoms with E-state index in [0.29, 0.717) is 0 Å². The van der Waals surface area contributed by atoms with Gasteiger partial charge in [-0.3, -0.25) is 0 Å². The maximum atomic E-state index is 6.02. The van der Waals surface area contributed by atoms with Gasteiger partial charge in [-0.05, 0) is 69.1 Å². The minimum atomic E-state index is 0.725. The van der Waals surface area contributed by atoms with E-state index < -0.39 is 0 Å². The van der Waals surface area contributed by atoms with E-state index in [2.05, 4.69) is 66.0 Å². The van der Waals surface area contributed by atoms with Gasteiger partial charge in [-0.25, -0.2) is 0 Å². The summed E-state index contributed by atoms with van der Waals surface area (Å²) in [5.74, 6) is 1.10. The molecule has 2 aromatic heterocycles. The zero-order chi connectivity index (χ0) is 15.8.